The summed E-state index contributed by atoms with van der Waals surface area (Å²) in [5.41, 5.74) is 1.29. The Hall–Kier alpha value is -2.43. The largest absolute Gasteiger partial charge is 0.480 e. The van der Waals surface area contributed by atoms with Crippen LogP contribution in [-0.2, 0) is 4.79 Å². The zero-order valence-corrected chi connectivity index (χ0v) is 12.1. The molecule has 1 unspecified atom stereocenters. The number of carbonyl (C=O) groups excluding carboxylic acids is 1. The predicted molar refractivity (Wildman–Crippen MR) is 80.2 cm³/mol. The molecule has 110 valence electrons. The molecule has 0 bridgehead atoms. The number of carbonyl (C=O) groups is 2. The number of amides is 1. The molecule has 0 fully saturated rings. The fourth-order valence-electron chi connectivity index (χ4n) is 2.17. The van der Waals surface area contributed by atoms with Crippen LogP contribution < -0.4 is 0 Å². The van der Waals surface area contributed by atoms with Crippen molar-refractivity contribution in [2.24, 2.45) is 0 Å². The Morgan fingerprint density at radius 2 is 2.10 bits per heavy atom. The summed E-state index contributed by atoms with van der Waals surface area (Å²) in [7, 11) is 0. The average Bonchev–Trinajstić information content (AvgIpc) is 2.50. The van der Waals surface area contributed by atoms with Gasteiger partial charge in [0.2, 0.25) is 0 Å². The molecule has 2 aromatic rings. The normalized spacial score (nSPS) is 12.1. The minimum absolute atomic E-state index is 0.127. The number of aliphatic carboxylic acids is 1. The molecule has 0 radical (unpaired) electrons. The summed E-state index contributed by atoms with van der Waals surface area (Å²) in [6.07, 6.45) is 2.40. The number of carboxylic acids is 1. The standard InChI is InChI=1S/C16H18N2O3/c1-3-11(2)18(10-15(19)20)16(21)13-6-7-14-12(9-13)5-4-8-17-14/h4-9,11H,3,10H2,1-2H3,(H,19,20). The number of carboxylic acid groups (broad SMARTS) is 1. The van der Waals surface area contributed by atoms with Gasteiger partial charge in [0.15, 0.2) is 0 Å². The van der Waals surface area contributed by atoms with E-state index in [-0.39, 0.29) is 18.5 Å². The number of fused-ring (bicyclic) bond motifs is 1. The van der Waals surface area contributed by atoms with Crippen LogP contribution in [0.25, 0.3) is 10.9 Å². The van der Waals surface area contributed by atoms with Crippen LogP contribution in [0.5, 0.6) is 0 Å². The van der Waals surface area contributed by atoms with E-state index >= 15 is 0 Å². The summed E-state index contributed by atoms with van der Waals surface area (Å²) in [6, 6.07) is 8.78. The van der Waals surface area contributed by atoms with Crippen LogP contribution in [0.1, 0.15) is 30.6 Å². The van der Waals surface area contributed by atoms with E-state index in [1.165, 1.54) is 4.90 Å². The molecular formula is C16H18N2O3. The predicted octanol–water partition coefficient (Wildman–Crippen LogP) is 2.56. The van der Waals surface area contributed by atoms with E-state index in [9.17, 15) is 9.59 Å². The van der Waals surface area contributed by atoms with Crippen molar-refractivity contribution in [1.29, 1.82) is 0 Å². The van der Waals surface area contributed by atoms with Crippen molar-refractivity contribution in [3.63, 3.8) is 0 Å². The SMILES string of the molecule is CCC(C)N(CC(=O)O)C(=O)c1ccc2ncccc2c1. The second kappa shape index (κ2) is 6.35. The molecule has 21 heavy (non-hydrogen) atoms. The van der Waals surface area contributed by atoms with Gasteiger partial charge in [-0.25, -0.2) is 0 Å². The van der Waals surface area contributed by atoms with E-state index in [0.717, 1.165) is 10.9 Å². The van der Waals surface area contributed by atoms with Gasteiger partial charge in [0.25, 0.3) is 5.91 Å². The molecule has 1 heterocycles. The van der Waals surface area contributed by atoms with E-state index < -0.39 is 5.97 Å². The van der Waals surface area contributed by atoms with Gasteiger partial charge in [-0.2, -0.15) is 0 Å². The Morgan fingerprint density at radius 3 is 2.76 bits per heavy atom. The first-order chi connectivity index (χ1) is 10.0. The van der Waals surface area contributed by atoms with E-state index in [0.29, 0.717) is 12.0 Å². The summed E-state index contributed by atoms with van der Waals surface area (Å²) < 4.78 is 0. The average molecular weight is 286 g/mol. The number of rotatable bonds is 5. The lowest BCUT2D eigenvalue weighted by molar-refractivity contribution is -0.138. The highest BCUT2D eigenvalue weighted by atomic mass is 16.4. The molecule has 1 aromatic heterocycles. The summed E-state index contributed by atoms with van der Waals surface area (Å²) in [5.74, 6) is -1.27. The molecule has 5 nitrogen and oxygen atoms in total. The molecule has 1 N–H and O–H groups in total. The molecule has 0 aliphatic carbocycles. The first-order valence-corrected chi connectivity index (χ1v) is 6.90. The van der Waals surface area contributed by atoms with Crippen LogP contribution in [0.3, 0.4) is 0 Å². The minimum Gasteiger partial charge on any atom is -0.480 e. The van der Waals surface area contributed by atoms with Crippen molar-refractivity contribution in [3.05, 3.63) is 42.1 Å². The van der Waals surface area contributed by atoms with E-state index in [1.807, 2.05) is 19.9 Å². The molecule has 1 aromatic carbocycles. The van der Waals surface area contributed by atoms with E-state index in [2.05, 4.69) is 4.98 Å². The monoisotopic (exact) mass is 286 g/mol. The molecule has 1 atom stereocenters. The molecular weight excluding hydrogens is 268 g/mol. The highest BCUT2D eigenvalue weighted by Crippen LogP contribution is 2.16. The Kier molecular flexibility index (Phi) is 4.52. The first kappa shape index (κ1) is 15.0. The third-order valence-electron chi connectivity index (χ3n) is 3.54. The Balaban J connectivity index is 2.35. The van der Waals surface area contributed by atoms with Crippen LogP contribution in [0, 0.1) is 0 Å². The van der Waals surface area contributed by atoms with Crippen molar-refractivity contribution < 1.29 is 14.7 Å². The lowest BCUT2D eigenvalue weighted by Gasteiger charge is -2.27. The van der Waals surface area contributed by atoms with Crippen LogP contribution in [0.4, 0.5) is 0 Å². The van der Waals surface area contributed by atoms with Crippen molar-refractivity contribution in [1.82, 2.24) is 9.88 Å². The fraction of sp³-hybridized carbons (Fsp3) is 0.312. The third-order valence-corrected chi connectivity index (χ3v) is 3.54. The number of hydrogen-bond acceptors (Lipinski definition) is 3. The maximum absolute atomic E-state index is 12.6. The number of hydrogen-bond donors (Lipinski definition) is 1. The van der Waals surface area contributed by atoms with Crippen LogP contribution >= 0.6 is 0 Å². The summed E-state index contributed by atoms with van der Waals surface area (Å²) in [5, 5.41) is 9.86. The van der Waals surface area contributed by atoms with Gasteiger partial charge in [0, 0.05) is 23.2 Å². The van der Waals surface area contributed by atoms with Crippen molar-refractivity contribution >= 4 is 22.8 Å². The lowest BCUT2D eigenvalue weighted by Crippen LogP contribution is -2.41. The number of benzene rings is 1. The van der Waals surface area contributed by atoms with Gasteiger partial charge in [-0.15, -0.1) is 0 Å². The second-order valence-electron chi connectivity index (χ2n) is 4.99. The zero-order chi connectivity index (χ0) is 15.4. The second-order valence-corrected chi connectivity index (χ2v) is 4.99. The van der Waals surface area contributed by atoms with Crippen LogP contribution in [0.2, 0.25) is 0 Å². The molecule has 0 aliphatic heterocycles. The van der Waals surface area contributed by atoms with Crippen LogP contribution in [-0.4, -0.2) is 39.5 Å². The van der Waals surface area contributed by atoms with Gasteiger partial charge in [0.1, 0.15) is 6.54 Å². The Bertz CT molecular complexity index is 669. The Morgan fingerprint density at radius 1 is 1.33 bits per heavy atom. The highest BCUT2D eigenvalue weighted by Gasteiger charge is 2.23. The Labute approximate surface area is 123 Å². The van der Waals surface area contributed by atoms with E-state index in [1.54, 1.807) is 30.5 Å². The van der Waals surface area contributed by atoms with E-state index in [4.69, 9.17) is 5.11 Å². The lowest BCUT2D eigenvalue weighted by atomic mass is 10.1. The van der Waals surface area contributed by atoms with Crippen molar-refractivity contribution in [2.75, 3.05) is 6.54 Å². The van der Waals surface area contributed by atoms with Crippen LogP contribution in [0.15, 0.2) is 36.5 Å². The number of aromatic nitrogens is 1. The zero-order valence-electron chi connectivity index (χ0n) is 12.1. The molecule has 1 amide bonds. The number of nitrogens with zero attached hydrogens (tertiary/aromatic N) is 2. The third kappa shape index (κ3) is 3.37. The van der Waals surface area contributed by atoms with Gasteiger partial charge in [-0.05, 0) is 37.6 Å². The quantitative estimate of drug-likeness (QED) is 0.917. The maximum Gasteiger partial charge on any atom is 0.323 e. The highest BCUT2D eigenvalue weighted by molar-refractivity contribution is 5.99. The smallest absolute Gasteiger partial charge is 0.323 e. The maximum atomic E-state index is 12.6. The molecule has 5 heteroatoms. The molecule has 0 spiro atoms. The van der Waals surface area contributed by atoms with Gasteiger partial charge in [0.05, 0.1) is 5.52 Å². The topological polar surface area (TPSA) is 70.5 Å². The summed E-state index contributed by atoms with van der Waals surface area (Å²) in [6.45, 7) is 3.49. The molecule has 2 rings (SSSR count). The summed E-state index contributed by atoms with van der Waals surface area (Å²) in [4.78, 5) is 29.1. The van der Waals surface area contributed by atoms with Crippen molar-refractivity contribution in [2.45, 2.75) is 26.3 Å². The minimum atomic E-state index is -1.01. The van der Waals surface area contributed by atoms with Gasteiger partial charge >= 0.3 is 5.97 Å². The number of pyridine rings is 1. The molecule has 0 saturated heterocycles. The van der Waals surface area contributed by atoms with Gasteiger partial charge in [-0.3, -0.25) is 14.6 Å². The molecule has 0 saturated carbocycles. The van der Waals surface area contributed by atoms with Gasteiger partial charge < -0.3 is 10.0 Å². The summed E-state index contributed by atoms with van der Waals surface area (Å²) >= 11 is 0. The first-order valence-electron chi connectivity index (χ1n) is 6.90. The van der Waals surface area contributed by atoms with Crippen molar-refractivity contribution in [3.8, 4) is 0 Å². The molecule has 0 aliphatic rings. The van der Waals surface area contributed by atoms with Gasteiger partial charge in [-0.1, -0.05) is 13.0 Å². The fourth-order valence-corrected chi connectivity index (χ4v) is 2.17.